The predicted octanol–water partition coefficient (Wildman–Crippen LogP) is 3.65. The van der Waals surface area contributed by atoms with Gasteiger partial charge in [0, 0.05) is 24.6 Å². The Labute approximate surface area is 159 Å². The zero-order chi connectivity index (χ0) is 19.4. The highest BCUT2D eigenvalue weighted by atomic mass is 16.1. The second-order valence-electron chi connectivity index (χ2n) is 6.68. The van der Waals surface area contributed by atoms with Crippen LogP contribution in [0.5, 0.6) is 0 Å². The topological polar surface area (TPSA) is 64.0 Å². The third kappa shape index (κ3) is 3.92. The highest BCUT2D eigenvalue weighted by Gasteiger charge is 2.14. The fraction of sp³-hybridized carbons (Fsp3) is 0.318. The molecule has 0 aliphatic carbocycles. The van der Waals surface area contributed by atoms with E-state index in [1.165, 1.54) is 5.56 Å². The molecule has 0 radical (unpaired) electrons. The first-order chi connectivity index (χ1) is 13.0. The summed E-state index contributed by atoms with van der Waals surface area (Å²) >= 11 is 0. The maximum atomic E-state index is 12.6. The van der Waals surface area contributed by atoms with Crippen LogP contribution < -0.4 is 10.9 Å². The molecule has 0 aliphatic heterocycles. The Hall–Kier alpha value is -2.95. The van der Waals surface area contributed by atoms with E-state index in [2.05, 4.69) is 29.4 Å². The molecule has 0 fully saturated rings. The first-order valence-corrected chi connectivity index (χ1v) is 9.39. The fourth-order valence-corrected chi connectivity index (χ4v) is 3.37. The van der Waals surface area contributed by atoms with Crippen molar-refractivity contribution in [1.82, 2.24) is 14.9 Å². The SMILES string of the molecule is CC[C@H](CNC(=O)c1ccc2c(c1)nc(C)c(=O)n2CC)c1ccccc1. The number of fused-ring (bicyclic) bond motifs is 1. The Balaban J connectivity index is 1.81. The van der Waals surface area contributed by atoms with E-state index in [0.29, 0.717) is 29.9 Å². The Kier molecular flexibility index (Phi) is 5.69. The number of aromatic nitrogens is 2. The number of carbonyl (C=O) groups is 1. The van der Waals surface area contributed by atoms with Crippen LogP contribution in [0.1, 0.15) is 47.8 Å². The number of hydrogen-bond acceptors (Lipinski definition) is 3. The number of benzene rings is 2. The molecule has 5 nitrogen and oxygen atoms in total. The summed E-state index contributed by atoms with van der Waals surface area (Å²) in [5, 5.41) is 3.03. The molecule has 1 heterocycles. The van der Waals surface area contributed by atoms with Crippen LogP contribution in [-0.2, 0) is 6.54 Å². The summed E-state index contributed by atoms with van der Waals surface area (Å²) in [6.45, 7) is 6.90. The zero-order valence-electron chi connectivity index (χ0n) is 16.0. The van der Waals surface area contributed by atoms with Gasteiger partial charge in [-0.3, -0.25) is 9.59 Å². The van der Waals surface area contributed by atoms with E-state index in [4.69, 9.17) is 0 Å². The third-order valence-electron chi connectivity index (χ3n) is 4.96. The molecule has 0 saturated carbocycles. The van der Waals surface area contributed by atoms with Crippen molar-refractivity contribution in [2.75, 3.05) is 6.54 Å². The third-order valence-corrected chi connectivity index (χ3v) is 4.96. The number of aryl methyl sites for hydroxylation is 2. The van der Waals surface area contributed by atoms with Crippen molar-refractivity contribution >= 4 is 16.9 Å². The number of rotatable bonds is 6. The van der Waals surface area contributed by atoms with Gasteiger partial charge in [0.15, 0.2) is 0 Å². The van der Waals surface area contributed by atoms with Crippen molar-refractivity contribution in [2.24, 2.45) is 0 Å². The molecule has 1 amide bonds. The minimum Gasteiger partial charge on any atom is -0.351 e. The second-order valence-corrected chi connectivity index (χ2v) is 6.68. The molecule has 3 aromatic rings. The van der Waals surface area contributed by atoms with E-state index in [1.807, 2.05) is 25.1 Å². The Bertz CT molecular complexity index is 1010. The summed E-state index contributed by atoms with van der Waals surface area (Å²) in [4.78, 5) is 29.2. The van der Waals surface area contributed by atoms with Crippen molar-refractivity contribution in [2.45, 2.75) is 39.7 Å². The molecule has 27 heavy (non-hydrogen) atoms. The summed E-state index contributed by atoms with van der Waals surface area (Å²) in [5.74, 6) is 0.154. The van der Waals surface area contributed by atoms with E-state index >= 15 is 0 Å². The summed E-state index contributed by atoms with van der Waals surface area (Å²) in [7, 11) is 0. The Morgan fingerprint density at radius 3 is 2.56 bits per heavy atom. The molecule has 1 N–H and O–H groups in total. The van der Waals surface area contributed by atoms with Gasteiger partial charge >= 0.3 is 0 Å². The highest BCUT2D eigenvalue weighted by molar-refractivity contribution is 5.97. The second kappa shape index (κ2) is 8.16. The number of nitrogens with zero attached hydrogens (tertiary/aromatic N) is 2. The minimum atomic E-state index is -0.125. The van der Waals surface area contributed by atoms with Gasteiger partial charge in [-0.1, -0.05) is 37.3 Å². The van der Waals surface area contributed by atoms with E-state index in [1.54, 1.807) is 29.7 Å². The van der Waals surface area contributed by atoms with Gasteiger partial charge in [0.25, 0.3) is 11.5 Å². The molecule has 0 spiro atoms. The number of carbonyl (C=O) groups excluding carboxylic acids is 1. The normalized spacial score (nSPS) is 12.1. The Morgan fingerprint density at radius 1 is 1.15 bits per heavy atom. The molecule has 0 unspecified atom stereocenters. The van der Waals surface area contributed by atoms with Gasteiger partial charge in [0.05, 0.1) is 11.0 Å². The number of nitrogens with one attached hydrogen (secondary N) is 1. The Morgan fingerprint density at radius 2 is 1.89 bits per heavy atom. The first-order valence-electron chi connectivity index (χ1n) is 9.39. The van der Waals surface area contributed by atoms with E-state index in [9.17, 15) is 9.59 Å². The maximum Gasteiger partial charge on any atom is 0.272 e. The van der Waals surface area contributed by atoms with Gasteiger partial charge in [0.2, 0.25) is 0 Å². The summed E-state index contributed by atoms with van der Waals surface area (Å²) in [6.07, 6.45) is 0.950. The van der Waals surface area contributed by atoms with Gasteiger partial charge < -0.3 is 9.88 Å². The lowest BCUT2D eigenvalue weighted by Crippen LogP contribution is -2.28. The maximum absolute atomic E-state index is 12.6. The van der Waals surface area contributed by atoms with Crippen LogP contribution in [0.2, 0.25) is 0 Å². The molecule has 0 aliphatic rings. The van der Waals surface area contributed by atoms with Crippen LogP contribution in [0.25, 0.3) is 11.0 Å². The molecule has 140 valence electrons. The molecule has 3 rings (SSSR count). The van der Waals surface area contributed by atoms with Crippen molar-refractivity contribution in [3.63, 3.8) is 0 Å². The van der Waals surface area contributed by atoms with Gasteiger partial charge in [-0.05, 0) is 44.0 Å². The van der Waals surface area contributed by atoms with Crippen LogP contribution in [-0.4, -0.2) is 22.0 Å². The molecular weight excluding hydrogens is 338 g/mol. The number of amides is 1. The number of hydrogen-bond donors (Lipinski definition) is 1. The van der Waals surface area contributed by atoms with Crippen molar-refractivity contribution < 1.29 is 4.79 Å². The summed E-state index contributed by atoms with van der Waals surface area (Å²) in [6, 6.07) is 15.5. The monoisotopic (exact) mass is 363 g/mol. The highest BCUT2D eigenvalue weighted by Crippen LogP contribution is 2.19. The molecular formula is C22H25N3O2. The first kappa shape index (κ1) is 18.8. The standard InChI is InChI=1S/C22H25N3O2/c1-4-16(17-9-7-6-8-10-17)14-23-21(26)18-11-12-20-19(13-18)24-15(3)22(27)25(20)5-2/h6-13,16H,4-5,14H2,1-3H3,(H,23,26)/t16-/m1/s1. The van der Waals surface area contributed by atoms with Crippen LogP contribution in [0.4, 0.5) is 0 Å². The van der Waals surface area contributed by atoms with Crippen LogP contribution >= 0.6 is 0 Å². The molecule has 0 bridgehead atoms. The van der Waals surface area contributed by atoms with Gasteiger partial charge in [-0.15, -0.1) is 0 Å². The van der Waals surface area contributed by atoms with Crippen LogP contribution in [0.3, 0.4) is 0 Å². The van der Waals surface area contributed by atoms with Gasteiger partial charge in [-0.25, -0.2) is 4.98 Å². The van der Waals surface area contributed by atoms with Crippen molar-refractivity contribution in [3.8, 4) is 0 Å². The summed E-state index contributed by atoms with van der Waals surface area (Å²) in [5.41, 5.74) is 3.55. The van der Waals surface area contributed by atoms with Crippen LogP contribution in [0.15, 0.2) is 53.3 Å². The largest absolute Gasteiger partial charge is 0.351 e. The van der Waals surface area contributed by atoms with E-state index in [-0.39, 0.29) is 17.4 Å². The average Bonchev–Trinajstić information content (AvgIpc) is 2.70. The smallest absolute Gasteiger partial charge is 0.272 e. The van der Waals surface area contributed by atoms with Crippen molar-refractivity contribution in [3.05, 3.63) is 75.7 Å². The molecule has 1 aromatic heterocycles. The molecule has 0 saturated heterocycles. The summed E-state index contributed by atoms with van der Waals surface area (Å²) < 4.78 is 1.68. The lowest BCUT2D eigenvalue weighted by Gasteiger charge is -2.16. The van der Waals surface area contributed by atoms with Gasteiger partial charge in [0.1, 0.15) is 5.69 Å². The lowest BCUT2D eigenvalue weighted by molar-refractivity contribution is 0.0951. The van der Waals surface area contributed by atoms with E-state index in [0.717, 1.165) is 11.9 Å². The molecule has 1 atom stereocenters. The average molecular weight is 363 g/mol. The molecule has 5 heteroatoms. The van der Waals surface area contributed by atoms with Crippen molar-refractivity contribution in [1.29, 1.82) is 0 Å². The quantitative estimate of drug-likeness (QED) is 0.727. The molecule has 2 aromatic carbocycles. The van der Waals surface area contributed by atoms with Crippen LogP contribution in [0, 0.1) is 6.92 Å². The fourth-order valence-electron chi connectivity index (χ4n) is 3.37. The van der Waals surface area contributed by atoms with E-state index < -0.39 is 0 Å². The predicted molar refractivity (Wildman–Crippen MR) is 108 cm³/mol. The lowest BCUT2D eigenvalue weighted by atomic mass is 9.96. The minimum absolute atomic E-state index is 0.0872. The van der Waals surface area contributed by atoms with Gasteiger partial charge in [-0.2, -0.15) is 0 Å². The zero-order valence-corrected chi connectivity index (χ0v) is 16.0.